The first kappa shape index (κ1) is 37.3. The summed E-state index contributed by atoms with van der Waals surface area (Å²) < 4.78 is 0. The standard InChI is InChI=1S/C58H40N4S/c1-35-33-59-34-36(2)54(35)42-16-10-15-41(31-42)46-19-12-22-51-55(46)47-32-43(29-30-48(47)58(51)49-20-6-8-23-52(49)63-53-24-9-7-21-50(53)58)57-61-37(3)60-56(62-57)40-27-25-39(26-28-40)45-18-11-14-38-13-4-5-17-44(38)45/h4-34H,1-3H3. The Morgan fingerprint density at radius 1 is 0.397 bits per heavy atom. The van der Waals surface area contributed by atoms with Crippen LogP contribution in [0.5, 0.6) is 0 Å². The van der Waals surface area contributed by atoms with Gasteiger partial charge in [0.2, 0.25) is 0 Å². The van der Waals surface area contributed by atoms with Gasteiger partial charge in [-0.15, -0.1) is 0 Å². The second-order valence-electron chi connectivity index (χ2n) is 16.7. The van der Waals surface area contributed by atoms with E-state index in [1.54, 1.807) is 0 Å². The van der Waals surface area contributed by atoms with Crippen LogP contribution < -0.4 is 0 Å². The number of aryl methyl sites for hydroxylation is 3. The van der Waals surface area contributed by atoms with E-state index in [9.17, 15) is 0 Å². The second-order valence-corrected chi connectivity index (χ2v) is 17.8. The highest BCUT2D eigenvalue weighted by molar-refractivity contribution is 7.99. The van der Waals surface area contributed by atoms with Gasteiger partial charge in [-0.25, -0.2) is 15.0 Å². The molecule has 1 spiro atoms. The van der Waals surface area contributed by atoms with Crippen LogP contribution in [0.1, 0.15) is 39.2 Å². The molecule has 0 amide bonds. The van der Waals surface area contributed by atoms with Crippen LogP contribution in [-0.2, 0) is 5.41 Å². The molecule has 10 aromatic rings. The quantitative estimate of drug-likeness (QED) is 0.173. The van der Waals surface area contributed by atoms with Crippen LogP contribution in [-0.4, -0.2) is 19.9 Å². The molecule has 0 saturated carbocycles. The Kier molecular flexibility index (Phi) is 8.63. The van der Waals surface area contributed by atoms with Gasteiger partial charge >= 0.3 is 0 Å². The number of fused-ring (bicyclic) bond motifs is 10. The highest BCUT2D eigenvalue weighted by Gasteiger charge is 2.51. The molecule has 0 atom stereocenters. The summed E-state index contributed by atoms with van der Waals surface area (Å²) in [5.74, 6) is 1.99. The smallest absolute Gasteiger partial charge is 0.163 e. The van der Waals surface area contributed by atoms with Crippen LogP contribution in [0.3, 0.4) is 0 Å². The highest BCUT2D eigenvalue weighted by Crippen LogP contribution is 2.63. The van der Waals surface area contributed by atoms with Crippen LogP contribution >= 0.6 is 11.8 Å². The summed E-state index contributed by atoms with van der Waals surface area (Å²) in [6.45, 7) is 6.26. The zero-order valence-electron chi connectivity index (χ0n) is 35.1. The van der Waals surface area contributed by atoms with Gasteiger partial charge in [-0.1, -0.05) is 163 Å². The molecule has 2 aliphatic rings. The fourth-order valence-corrected chi connectivity index (χ4v) is 11.5. The van der Waals surface area contributed by atoms with Crippen molar-refractivity contribution in [1.29, 1.82) is 0 Å². The van der Waals surface area contributed by atoms with Gasteiger partial charge in [-0.2, -0.15) is 0 Å². The number of nitrogens with zero attached hydrogens (tertiary/aromatic N) is 4. The lowest BCUT2D eigenvalue weighted by molar-refractivity contribution is 0.722. The molecule has 0 N–H and O–H groups in total. The Morgan fingerprint density at radius 2 is 0.984 bits per heavy atom. The van der Waals surface area contributed by atoms with Gasteiger partial charge in [0.1, 0.15) is 5.82 Å². The van der Waals surface area contributed by atoms with Crippen molar-refractivity contribution in [3.8, 4) is 67.3 Å². The SMILES string of the molecule is Cc1nc(-c2ccc(-c3cccc4ccccc34)cc2)nc(-c2ccc3c(c2)-c2c(-c4cccc(-c5c(C)cncc5C)c4)cccc2C32c3ccccc3Sc3ccccc32)n1. The topological polar surface area (TPSA) is 51.6 Å². The molecule has 298 valence electrons. The summed E-state index contributed by atoms with van der Waals surface area (Å²) in [5.41, 5.74) is 18.4. The van der Waals surface area contributed by atoms with E-state index in [1.165, 1.54) is 92.9 Å². The van der Waals surface area contributed by atoms with E-state index in [0.29, 0.717) is 17.5 Å². The van der Waals surface area contributed by atoms with E-state index in [1.807, 2.05) is 31.1 Å². The third kappa shape index (κ3) is 5.84. The van der Waals surface area contributed by atoms with Crippen molar-refractivity contribution >= 4 is 22.5 Å². The first-order chi connectivity index (χ1) is 31.0. The third-order valence-electron chi connectivity index (χ3n) is 13.0. The predicted molar refractivity (Wildman–Crippen MR) is 258 cm³/mol. The molecular formula is C58H40N4S. The molecule has 1 aliphatic carbocycles. The molecule has 4 nitrogen and oxygen atoms in total. The summed E-state index contributed by atoms with van der Waals surface area (Å²) in [5, 5.41) is 2.46. The van der Waals surface area contributed by atoms with Crippen LogP contribution in [0, 0.1) is 20.8 Å². The predicted octanol–water partition coefficient (Wildman–Crippen LogP) is 14.5. The zero-order valence-corrected chi connectivity index (χ0v) is 35.9. The minimum atomic E-state index is -0.528. The number of hydrogen-bond donors (Lipinski definition) is 0. The first-order valence-electron chi connectivity index (χ1n) is 21.4. The second kappa shape index (κ2) is 14.6. The Hall–Kier alpha value is -7.47. The number of pyridine rings is 1. The van der Waals surface area contributed by atoms with Gasteiger partial charge in [-0.3, -0.25) is 4.98 Å². The molecule has 8 aromatic carbocycles. The molecule has 0 radical (unpaired) electrons. The summed E-state index contributed by atoms with van der Waals surface area (Å²) in [4.78, 5) is 22.1. The molecule has 12 rings (SSSR count). The van der Waals surface area contributed by atoms with E-state index in [0.717, 1.165) is 16.7 Å². The van der Waals surface area contributed by atoms with Crippen LogP contribution in [0.2, 0.25) is 0 Å². The molecule has 1 aliphatic heterocycles. The third-order valence-corrected chi connectivity index (χ3v) is 14.2. The average molecular weight is 825 g/mol. The Bertz CT molecular complexity index is 3410. The van der Waals surface area contributed by atoms with Crippen molar-refractivity contribution < 1.29 is 0 Å². The van der Waals surface area contributed by atoms with Crippen molar-refractivity contribution in [3.63, 3.8) is 0 Å². The minimum Gasteiger partial charge on any atom is -0.264 e. The maximum Gasteiger partial charge on any atom is 0.163 e. The van der Waals surface area contributed by atoms with Gasteiger partial charge in [0, 0.05) is 33.3 Å². The van der Waals surface area contributed by atoms with Gasteiger partial charge < -0.3 is 0 Å². The number of aromatic nitrogens is 4. The summed E-state index contributed by atoms with van der Waals surface area (Å²) in [6, 6.07) is 64.4. The van der Waals surface area contributed by atoms with Crippen molar-refractivity contribution in [2.75, 3.05) is 0 Å². The molecule has 0 unspecified atom stereocenters. The molecule has 0 bridgehead atoms. The lowest BCUT2D eigenvalue weighted by atomic mass is 9.67. The first-order valence-corrected chi connectivity index (χ1v) is 22.3. The van der Waals surface area contributed by atoms with Crippen LogP contribution in [0.15, 0.2) is 198 Å². The number of rotatable bonds is 5. The molecular weight excluding hydrogens is 785 g/mol. The monoisotopic (exact) mass is 824 g/mol. The molecule has 2 aromatic heterocycles. The van der Waals surface area contributed by atoms with Gasteiger partial charge in [0.15, 0.2) is 11.6 Å². The summed E-state index contributed by atoms with van der Waals surface area (Å²) in [6.07, 6.45) is 3.92. The number of hydrogen-bond acceptors (Lipinski definition) is 5. The zero-order chi connectivity index (χ0) is 42.2. The van der Waals surface area contributed by atoms with Crippen molar-refractivity contribution in [2.45, 2.75) is 36.0 Å². The Labute approximate surface area is 371 Å². The molecule has 63 heavy (non-hydrogen) atoms. The Morgan fingerprint density at radius 3 is 1.76 bits per heavy atom. The molecule has 0 saturated heterocycles. The van der Waals surface area contributed by atoms with Gasteiger partial charge in [0.25, 0.3) is 0 Å². The minimum absolute atomic E-state index is 0.528. The average Bonchev–Trinajstić information content (AvgIpc) is 3.61. The molecule has 0 fully saturated rings. The lowest BCUT2D eigenvalue weighted by Gasteiger charge is -2.39. The van der Waals surface area contributed by atoms with Crippen molar-refractivity contribution in [1.82, 2.24) is 19.9 Å². The van der Waals surface area contributed by atoms with E-state index < -0.39 is 5.41 Å². The summed E-state index contributed by atoms with van der Waals surface area (Å²) >= 11 is 1.86. The van der Waals surface area contributed by atoms with Gasteiger partial charge in [-0.05, 0) is 134 Å². The van der Waals surface area contributed by atoms with E-state index >= 15 is 0 Å². The van der Waals surface area contributed by atoms with Crippen LogP contribution in [0.25, 0.3) is 78.1 Å². The maximum atomic E-state index is 5.20. The highest BCUT2D eigenvalue weighted by atomic mass is 32.2. The van der Waals surface area contributed by atoms with E-state index in [2.05, 4.69) is 195 Å². The fraction of sp³-hybridized carbons (Fsp3) is 0.0690. The van der Waals surface area contributed by atoms with Gasteiger partial charge in [0.05, 0.1) is 5.41 Å². The summed E-state index contributed by atoms with van der Waals surface area (Å²) in [7, 11) is 0. The molecule has 3 heterocycles. The largest absolute Gasteiger partial charge is 0.264 e. The Balaban J connectivity index is 1.05. The fourth-order valence-electron chi connectivity index (χ4n) is 10.3. The van der Waals surface area contributed by atoms with Crippen molar-refractivity contribution in [3.05, 3.63) is 228 Å². The van der Waals surface area contributed by atoms with E-state index in [-0.39, 0.29) is 0 Å². The number of benzene rings is 8. The molecule has 5 heteroatoms. The van der Waals surface area contributed by atoms with E-state index in [4.69, 9.17) is 15.0 Å². The van der Waals surface area contributed by atoms with Crippen LogP contribution in [0.4, 0.5) is 0 Å². The lowest BCUT2D eigenvalue weighted by Crippen LogP contribution is -2.31. The maximum absolute atomic E-state index is 5.20. The normalized spacial score (nSPS) is 13.1. The van der Waals surface area contributed by atoms with Crippen molar-refractivity contribution in [2.24, 2.45) is 0 Å².